The van der Waals surface area contributed by atoms with E-state index in [9.17, 15) is 9.59 Å². The first-order valence-electron chi connectivity index (χ1n) is 6.98. The zero-order valence-corrected chi connectivity index (χ0v) is 12.8. The summed E-state index contributed by atoms with van der Waals surface area (Å²) in [6, 6.07) is 0. The van der Waals surface area contributed by atoms with Crippen LogP contribution in [0.5, 0.6) is 0 Å². The fraction of sp³-hybridized carbons (Fsp3) is 0.800. The lowest BCUT2D eigenvalue weighted by Crippen LogP contribution is -2.47. The monoisotopic (exact) mass is 281 g/mol. The molecule has 1 saturated carbocycles. The molecule has 0 unspecified atom stereocenters. The van der Waals surface area contributed by atoms with Crippen molar-refractivity contribution in [1.82, 2.24) is 0 Å². The first-order chi connectivity index (χ1) is 9.00. The number of nitrogens with zero attached hydrogens (tertiary/aromatic N) is 1. The van der Waals surface area contributed by atoms with Crippen LogP contribution >= 0.6 is 12.2 Å². The summed E-state index contributed by atoms with van der Waals surface area (Å²) in [5, 5.41) is 2.48. The Morgan fingerprint density at radius 2 is 2.16 bits per heavy atom. The minimum atomic E-state index is -0.346. The molecule has 3 nitrogen and oxygen atoms in total. The highest BCUT2D eigenvalue weighted by molar-refractivity contribution is 7.78. The van der Waals surface area contributed by atoms with E-state index in [2.05, 4.69) is 24.0 Å². The standard InChI is InChI=1S/C15H23NO2S/c1-11(2)12-6-7-15(3,16-10-19)14(5-4-8-17)13(12)9-18/h8-9,11-14H,4-7H2,1-3H3/t12-,13+,14+,15-/m0/s1. The van der Waals surface area contributed by atoms with Crippen molar-refractivity contribution in [1.29, 1.82) is 0 Å². The number of carbonyl (C=O) groups excluding carboxylic acids is 2. The van der Waals surface area contributed by atoms with Gasteiger partial charge in [0.25, 0.3) is 0 Å². The Hall–Kier alpha value is -0.860. The lowest BCUT2D eigenvalue weighted by atomic mass is 9.60. The van der Waals surface area contributed by atoms with Gasteiger partial charge in [0, 0.05) is 12.3 Å². The molecule has 1 aliphatic carbocycles. The van der Waals surface area contributed by atoms with Crippen LogP contribution in [0.3, 0.4) is 0 Å². The smallest absolute Gasteiger partial charge is 0.123 e. The molecular formula is C15H23NO2S. The van der Waals surface area contributed by atoms with Crippen molar-refractivity contribution in [3.8, 4) is 0 Å². The molecule has 0 radical (unpaired) electrons. The summed E-state index contributed by atoms with van der Waals surface area (Å²) in [5.74, 6) is 0.898. The van der Waals surface area contributed by atoms with E-state index >= 15 is 0 Å². The van der Waals surface area contributed by atoms with Crippen LogP contribution < -0.4 is 0 Å². The first-order valence-corrected chi connectivity index (χ1v) is 7.39. The molecule has 1 aliphatic rings. The molecule has 4 heteroatoms. The van der Waals surface area contributed by atoms with Crippen molar-refractivity contribution in [3.63, 3.8) is 0 Å². The Morgan fingerprint density at radius 1 is 1.47 bits per heavy atom. The van der Waals surface area contributed by atoms with Gasteiger partial charge < -0.3 is 9.59 Å². The molecule has 1 fully saturated rings. The Kier molecular flexibility index (Phi) is 6.02. The van der Waals surface area contributed by atoms with Crippen LogP contribution in [0.2, 0.25) is 0 Å². The molecule has 19 heavy (non-hydrogen) atoms. The SMILES string of the molecule is CC(C)[C@@H]1CC[C@](C)(N=C=S)[C@H](CCC=O)[C@@H]1C=O. The molecule has 0 spiro atoms. The molecule has 0 saturated heterocycles. The van der Waals surface area contributed by atoms with Crippen molar-refractivity contribution < 1.29 is 9.59 Å². The second kappa shape index (κ2) is 7.06. The predicted octanol–water partition coefficient (Wildman–Crippen LogP) is 3.32. The maximum absolute atomic E-state index is 11.6. The Balaban J connectivity index is 3.07. The largest absolute Gasteiger partial charge is 0.303 e. The number of isothiocyanates is 1. The molecule has 0 amide bonds. The van der Waals surface area contributed by atoms with Crippen molar-refractivity contribution in [2.75, 3.05) is 0 Å². The van der Waals surface area contributed by atoms with Gasteiger partial charge in [-0.2, -0.15) is 0 Å². The van der Waals surface area contributed by atoms with E-state index in [4.69, 9.17) is 12.2 Å². The fourth-order valence-electron chi connectivity index (χ4n) is 3.52. The number of aldehydes is 2. The van der Waals surface area contributed by atoms with E-state index in [-0.39, 0.29) is 17.4 Å². The average molecular weight is 281 g/mol. The Bertz CT molecular complexity index is 376. The van der Waals surface area contributed by atoms with Gasteiger partial charge in [0.05, 0.1) is 10.7 Å². The number of hydrogen-bond acceptors (Lipinski definition) is 4. The Labute approximate surface area is 120 Å². The summed E-state index contributed by atoms with van der Waals surface area (Å²) in [4.78, 5) is 26.6. The highest BCUT2D eigenvalue weighted by atomic mass is 32.1. The van der Waals surface area contributed by atoms with Crippen molar-refractivity contribution >= 4 is 30.0 Å². The fourth-order valence-corrected chi connectivity index (χ4v) is 3.73. The highest BCUT2D eigenvalue weighted by Gasteiger charge is 2.46. The second-order valence-electron chi connectivity index (χ2n) is 6.07. The molecule has 0 N–H and O–H groups in total. The van der Waals surface area contributed by atoms with Gasteiger partial charge >= 0.3 is 0 Å². The topological polar surface area (TPSA) is 46.5 Å². The average Bonchev–Trinajstić information content (AvgIpc) is 2.36. The van der Waals surface area contributed by atoms with Crippen LogP contribution in [-0.2, 0) is 9.59 Å². The molecule has 4 atom stereocenters. The summed E-state index contributed by atoms with van der Waals surface area (Å²) in [7, 11) is 0. The van der Waals surface area contributed by atoms with Crippen molar-refractivity contribution in [3.05, 3.63) is 0 Å². The molecular weight excluding hydrogens is 258 g/mol. The third-order valence-electron chi connectivity index (χ3n) is 4.65. The zero-order valence-electron chi connectivity index (χ0n) is 12.0. The number of thiocarbonyl (C=S) groups is 1. The summed E-state index contributed by atoms with van der Waals surface area (Å²) in [6.07, 6.45) is 5.05. The minimum absolute atomic E-state index is 0.0363. The molecule has 0 bridgehead atoms. The van der Waals surface area contributed by atoms with Gasteiger partial charge in [0.2, 0.25) is 0 Å². The van der Waals surface area contributed by atoms with E-state index in [1.165, 1.54) is 0 Å². The summed E-state index contributed by atoms with van der Waals surface area (Å²) < 4.78 is 0. The minimum Gasteiger partial charge on any atom is -0.303 e. The summed E-state index contributed by atoms with van der Waals surface area (Å²) >= 11 is 4.75. The van der Waals surface area contributed by atoms with Gasteiger partial charge in [-0.3, -0.25) is 0 Å². The first kappa shape index (κ1) is 16.2. The third-order valence-corrected chi connectivity index (χ3v) is 4.74. The van der Waals surface area contributed by atoms with Gasteiger partial charge in [-0.25, -0.2) is 4.99 Å². The molecule has 0 aromatic heterocycles. The second-order valence-corrected chi connectivity index (χ2v) is 6.25. The van der Waals surface area contributed by atoms with Gasteiger partial charge in [-0.05, 0) is 56.2 Å². The Morgan fingerprint density at radius 3 is 2.63 bits per heavy atom. The van der Waals surface area contributed by atoms with Gasteiger partial charge in [0.15, 0.2) is 0 Å². The zero-order chi connectivity index (χ0) is 14.5. The summed E-state index contributed by atoms with van der Waals surface area (Å²) in [6.45, 7) is 6.35. The number of carbonyl (C=O) groups is 2. The molecule has 0 heterocycles. The quantitative estimate of drug-likeness (QED) is 0.426. The van der Waals surface area contributed by atoms with Gasteiger partial charge in [-0.1, -0.05) is 13.8 Å². The molecule has 0 aliphatic heterocycles. The molecule has 1 rings (SSSR count). The number of rotatable bonds is 6. The maximum atomic E-state index is 11.6. The molecule has 106 valence electrons. The lowest BCUT2D eigenvalue weighted by Gasteiger charge is -2.46. The van der Waals surface area contributed by atoms with Crippen LogP contribution in [0.1, 0.15) is 46.5 Å². The van der Waals surface area contributed by atoms with Gasteiger partial charge in [0.1, 0.15) is 12.6 Å². The van der Waals surface area contributed by atoms with E-state index in [1.807, 2.05) is 6.92 Å². The lowest BCUT2D eigenvalue weighted by molar-refractivity contribution is -0.119. The predicted molar refractivity (Wildman–Crippen MR) is 79.3 cm³/mol. The highest BCUT2D eigenvalue weighted by Crippen LogP contribution is 2.47. The molecule has 0 aromatic rings. The van der Waals surface area contributed by atoms with Crippen molar-refractivity contribution in [2.45, 2.75) is 52.0 Å². The van der Waals surface area contributed by atoms with Crippen LogP contribution in [0.25, 0.3) is 0 Å². The van der Waals surface area contributed by atoms with E-state index < -0.39 is 0 Å². The van der Waals surface area contributed by atoms with E-state index in [0.717, 1.165) is 25.4 Å². The summed E-state index contributed by atoms with van der Waals surface area (Å²) in [5.41, 5.74) is -0.346. The van der Waals surface area contributed by atoms with Crippen LogP contribution in [0.4, 0.5) is 0 Å². The normalized spacial score (nSPS) is 34.6. The van der Waals surface area contributed by atoms with Gasteiger partial charge in [-0.15, -0.1) is 0 Å². The van der Waals surface area contributed by atoms with E-state index in [1.54, 1.807) is 0 Å². The van der Waals surface area contributed by atoms with Crippen molar-refractivity contribution in [2.24, 2.45) is 28.7 Å². The number of hydrogen-bond donors (Lipinski definition) is 0. The van der Waals surface area contributed by atoms with Crippen LogP contribution in [-0.4, -0.2) is 23.3 Å². The number of aliphatic imine (C=N–C) groups is 1. The van der Waals surface area contributed by atoms with Crippen LogP contribution in [0.15, 0.2) is 4.99 Å². The van der Waals surface area contributed by atoms with Crippen LogP contribution in [0, 0.1) is 23.7 Å². The maximum Gasteiger partial charge on any atom is 0.123 e. The third kappa shape index (κ3) is 3.58. The van der Waals surface area contributed by atoms with E-state index in [0.29, 0.717) is 24.7 Å². The molecule has 0 aromatic carbocycles.